The van der Waals surface area contributed by atoms with E-state index in [2.05, 4.69) is 27.8 Å². The molecule has 1 aromatic carbocycles. The van der Waals surface area contributed by atoms with E-state index in [1.165, 1.54) is 0 Å². The number of benzene rings is 1. The van der Waals surface area contributed by atoms with Crippen LogP contribution in [0.2, 0.25) is 0 Å². The largest absolute Gasteiger partial charge is 0.481 e. The number of rotatable bonds is 3. The van der Waals surface area contributed by atoms with Crippen LogP contribution in [0, 0.1) is 11.8 Å². The van der Waals surface area contributed by atoms with Gasteiger partial charge in [-0.2, -0.15) is 0 Å². The van der Waals surface area contributed by atoms with Crippen LogP contribution in [0.1, 0.15) is 25.6 Å². The van der Waals surface area contributed by atoms with Gasteiger partial charge in [-0.15, -0.1) is 0 Å². The fraction of sp³-hybridized carbons (Fsp3) is 0.438. The van der Waals surface area contributed by atoms with Gasteiger partial charge in [0, 0.05) is 22.9 Å². The molecule has 5 heteroatoms. The van der Waals surface area contributed by atoms with Crippen LogP contribution in [-0.4, -0.2) is 29.1 Å². The van der Waals surface area contributed by atoms with E-state index < -0.39 is 5.97 Å². The molecule has 1 saturated heterocycles. The van der Waals surface area contributed by atoms with Crippen molar-refractivity contribution in [2.45, 2.75) is 19.9 Å². The average molecular weight is 352 g/mol. The molecule has 0 saturated carbocycles. The summed E-state index contributed by atoms with van der Waals surface area (Å²) < 4.78 is 6.94. The number of halogens is 1. The summed E-state index contributed by atoms with van der Waals surface area (Å²) in [7, 11) is 0. The highest BCUT2D eigenvalue weighted by molar-refractivity contribution is 9.10. The number of hydrogen-bond donors (Lipinski definition) is 1. The van der Waals surface area contributed by atoms with Crippen molar-refractivity contribution in [3.05, 3.63) is 34.5 Å². The molecule has 2 heterocycles. The second-order valence-corrected chi connectivity index (χ2v) is 6.80. The fourth-order valence-electron chi connectivity index (χ4n) is 3.06. The van der Waals surface area contributed by atoms with Gasteiger partial charge in [-0.3, -0.25) is 9.69 Å². The molecule has 0 amide bonds. The number of nitrogens with zero attached hydrogens (tertiary/aromatic N) is 1. The molecule has 4 nitrogen and oxygen atoms in total. The van der Waals surface area contributed by atoms with E-state index in [9.17, 15) is 9.90 Å². The summed E-state index contributed by atoms with van der Waals surface area (Å²) >= 11 is 3.46. The van der Waals surface area contributed by atoms with Gasteiger partial charge in [0.25, 0.3) is 0 Å². The Labute approximate surface area is 131 Å². The molecule has 0 spiro atoms. The summed E-state index contributed by atoms with van der Waals surface area (Å²) in [6.45, 7) is 5.45. The minimum absolute atomic E-state index is 0.0861. The van der Waals surface area contributed by atoms with Gasteiger partial charge in [-0.05, 0) is 37.1 Å². The molecule has 0 radical (unpaired) electrons. The topological polar surface area (TPSA) is 53.7 Å². The van der Waals surface area contributed by atoms with E-state index in [0.717, 1.165) is 27.7 Å². The minimum atomic E-state index is -0.703. The standard InChI is InChI=1S/C16H18BrNO3/c1-9-7-18(8-13(9)16(19)20)10(2)15-6-11-5-12(17)3-4-14(11)21-15/h3-6,9-10,13H,7-8H2,1-2H3,(H,19,20)/t9-,10?,13-/m1/s1. The van der Waals surface area contributed by atoms with E-state index in [4.69, 9.17) is 4.42 Å². The van der Waals surface area contributed by atoms with Gasteiger partial charge in [0.05, 0.1) is 12.0 Å². The predicted octanol–water partition coefficient (Wildman–Crippen LogP) is 3.91. The van der Waals surface area contributed by atoms with Gasteiger partial charge in [-0.1, -0.05) is 22.9 Å². The molecule has 1 fully saturated rings. The second kappa shape index (κ2) is 5.46. The smallest absolute Gasteiger partial charge is 0.308 e. The third-order valence-corrected chi connectivity index (χ3v) is 4.91. The lowest BCUT2D eigenvalue weighted by Crippen LogP contribution is -2.26. The molecule has 1 aromatic heterocycles. The molecule has 1 aliphatic heterocycles. The zero-order valence-corrected chi connectivity index (χ0v) is 13.6. The summed E-state index contributed by atoms with van der Waals surface area (Å²) in [5.41, 5.74) is 0.863. The first-order chi connectivity index (χ1) is 9.95. The van der Waals surface area contributed by atoms with Gasteiger partial charge >= 0.3 is 5.97 Å². The lowest BCUT2D eigenvalue weighted by Gasteiger charge is -2.22. The summed E-state index contributed by atoms with van der Waals surface area (Å²) in [4.78, 5) is 13.4. The Kier molecular flexibility index (Phi) is 3.80. The van der Waals surface area contributed by atoms with Gasteiger partial charge < -0.3 is 9.52 Å². The van der Waals surface area contributed by atoms with E-state index >= 15 is 0 Å². The van der Waals surface area contributed by atoms with Gasteiger partial charge in [0.2, 0.25) is 0 Å². The summed E-state index contributed by atoms with van der Waals surface area (Å²) in [5.74, 6) is 0.0709. The molecule has 2 aromatic rings. The molecular formula is C16H18BrNO3. The highest BCUT2D eigenvalue weighted by Crippen LogP contribution is 2.34. The first-order valence-corrected chi connectivity index (χ1v) is 7.91. The highest BCUT2D eigenvalue weighted by atomic mass is 79.9. The van der Waals surface area contributed by atoms with Crippen LogP contribution in [0.15, 0.2) is 33.2 Å². The predicted molar refractivity (Wildman–Crippen MR) is 84.2 cm³/mol. The fourth-order valence-corrected chi connectivity index (χ4v) is 3.44. The number of carboxylic acids is 1. The molecule has 1 N–H and O–H groups in total. The lowest BCUT2D eigenvalue weighted by molar-refractivity contribution is -0.142. The first kappa shape index (κ1) is 14.6. The van der Waals surface area contributed by atoms with Crippen molar-refractivity contribution in [3.8, 4) is 0 Å². The quantitative estimate of drug-likeness (QED) is 0.910. The van der Waals surface area contributed by atoms with E-state index in [-0.39, 0.29) is 17.9 Å². The molecule has 0 bridgehead atoms. The van der Waals surface area contributed by atoms with Crippen molar-refractivity contribution >= 4 is 32.9 Å². The SMILES string of the molecule is CC(c1cc2cc(Br)ccc2o1)N1C[C@@H](C)[C@H](C(=O)O)C1. The van der Waals surface area contributed by atoms with Gasteiger partial charge in [-0.25, -0.2) is 0 Å². The summed E-state index contributed by atoms with van der Waals surface area (Å²) in [5, 5.41) is 10.3. The molecule has 3 rings (SSSR count). The summed E-state index contributed by atoms with van der Waals surface area (Å²) in [6.07, 6.45) is 0. The average Bonchev–Trinajstić information content (AvgIpc) is 3.00. The van der Waals surface area contributed by atoms with Crippen molar-refractivity contribution in [2.75, 3.05) is 13.1 Å². The van der Waals surface area contributed by atoms with E-state index in [1.807, 2.05) is 31.2 Å². The van der Waals surface area contributed by atoms with Crippen LogP contribution < -0.4 is 0 Å². The molecular weight excluding hydrogens is 334 g/mol. The number of likely N-dealkylation sites (tertiary alicyclic amines) is 1. The highest BCUT2D eigenvalue weighted by Gasteiger charge is 2.37. The Bertz CT molecular complexity index is 681. The number of fused-ring (bicyclic) bond motifs is 1. The van der Waals surface area contributed by atoms with Crippen molar-refractivity contribution < 1.29 is 14.3 Å². The Morgan fingerprint density at radius 1 is 1.43 bits per heavy atom. The number of carbonyl (C=O) groups is 1. The zero-order valence-electron chi connectivity index (χ0n) is 12.0. The normalized spacial score (nSPS) is 24.5. The van der Waals surface area contributed by atoms with E-state index in [0.29, 0.717) is 6.54 Å². The monoisotopic (exact) mass is 351 g/mol. The molecule has 112 valence electrons. The van der Waals surface area contributed by atoms with Crippen LogP contribution in [0.4, 0.5) is 0 Å². The molecule has 1 unspecified atom stereocenters. The lowest BCUT2D eigenvalue weighted by atomic mass is 9.99. The van der Waals surface area contributed by atoms with Gasteiger partial charge in [0.1, 0.15) is 11.3 Å². The third-order valence-electron chi connectivity index (χ3n) is 4.41. The van der Waals surface area contributed by atoms with Crippen molar-refractivity contribution in [3.63, 3.8) is 0 Å². The van der Waals surface area contributed by atoms with Gasteiger partial charge in [0.15, 0.2) is 0 Å². The zero-order chi connectivity index (χ0) is 15.1. The number of aliphatic carboxylic acids is 1. The third kappa shape index (κ3) is 2.72. The van der Waals surface area contributed by atoms with Crippen molar-refractivity contribution in [2.24, 2.45) is 11.8 Å². The first-order valence-electron chi connectivity index (χ1n) is 7.11. The van der Waals surface area contributed by atoms with Crippen LogP contribution in [0.5, 0.6) is 0 Å². The Morgan fingerprint density at radius 3 is 2.86 bits per heavy atom. The minimum Gasteiger partial charge on any atom is -0.481 e. The Balaban J connectivity index is 1.84. The Hall–Kier alpha value is -1.33. The maximum atomic E-state index is 11.2. The number of hydrogen-bond acceptors (Lipinski definition) is 3. The maximum Gasteiger partial charge on any atom is 0.308 e. The number of furan rings is 1. The van der Waals surface area contributed by atoms with Crippen molar-refractivity contribution in [1.82, 2.24) is 4.90 Å². The molecule has 3 atom stereocenters. The van der Waals surface area contributed by atoms with Crippen LogP contribution in [0.25, 0.3) is 11.0 Å². The number of carboxylic acid groups (broad SMARTS) is 1. The van der Waals surface area contributed by atoms with Crippen LogP contribution >= 0.6 is 15.9 Å². The molecule has 21 heavy (non-hydrogen) atoms. The Morgan fingerprint density at radius 2 is 2.19 bits per heavy atom. The summed E-state index contributed by atoms with van der Waals surface area (Å²) in [6, 6.07) is 8.06. The second-order valence-electron chi connectivity index (χ2n) is 5.88. The van der Waals surface area contributed by atoms with Crippen molar-refractivity contribution in [1.29, 1.82) is 0 Å². The van der Waals surface area contributed by atoms with Crippen LogP contribution in [0.3, 0.4) is 0 Å². The maximum absolute atomic E-state index is 11.2. The molecule has 0 aliphatic carbocycles. The molecule has 1 aliphatic rings. The van der Waals surface area contributed by atoms with E-state index in [1.54, 1.807) is 0 Å². The van der Waals surface area contributed by atoms with Crippen LogP contribution in [-0.2, 0) is 4.79 Å².